The zero-order chi connectivity index (χ0) is 15.7. The summed E-state index contributed by atoms with van der Waals surface area (Å²) in [5.41, 5.74) is 0.287. The van der Waals surface area contributed by atoms with E-state index in [0.29, 0.717) is 16.7 Å². The number of pyridine rings is 2. The monoisotopic (exact) mass is 303 g/mol. The lowest BCUT2D eigenvalue weighted by Gasteiger charge is -2.06. The lowest BCUT2D eigenvalue weighted by atomic mass is 10.3. The Hall–Kier alpha value is -2.90. The van der Waals surface area contributed by atoms with Crippen LogP contribution in [-0.4, -0.2) is 25.7 Å². The van der Waals surface area contributed by atoms with Crippen molar-refractivity contribution in [1.29, 1.82) is 0 Å². The minimum absolute atomic E-state index is 0.254. The van der Waals surface area contributed by atoms with Crippen LogP contribution in [0.4, 0.5) is 14.6 Å². The van der Waals surface area contributed by atoms with E-state index in [1.54, 1.807) is 24.5 Å². The zero-order valence-corrected chi connectivity index (χ0v) is 11.5. The fourth-order valence-electron chi connectivity index (χ4n) is 2.03. The SMILES string of the molecule is CC(=O)Nc1cc2c(cn1)cnn2-c1cccc(C(F)F)n1. The number of rotatable bonds is 3. The van der Waals surface area contributed by atoms with Crippen molar-refractivity contribution in [3.8, 4) is 5.82 Å². The van der Waals surface area contributed by atoms with Crippen LogP contribution in [0.3, 0.4) is 0 Å². The molecule has 22 heavy (non-hydrogen) atoms. The number of fused-ring (bicyclic) bond motifs is 1. The first kappa shape index (κ1) is 14.1. The minimum Gasteiger partial charge on any atom is -0.311 e. The van der Waals surface area contributed by atoms with E-state index in [-0.39, 0.29) is 17.4 Å². The summed E-state index contributed by atoms with van der Waals surface area (Å²) in [6.07, 6.45) is 0.441. The van der Waals surface area contributed by atoms with Crippen LogP contribution in [0.1, 0.15) is 19.0 Å². The number of amides is 1. The Morgan fingerprint density at radius 3 is 2.86 bits per heavy atom. The fraction of sp³-hybridized carbons (Fsp3) is 0.143. The van der Waals surface area contributed by atoms with Crippen molar-refractivity contribution >= 4 is 22.6 Å². The van der Waals surface area contributed by atoms with Crippen molar-refractivity contribution in [2.75, 3.05) is 5.32 Å². The molecule has 0 bridgehead atoms. The predicted molar refractivity (Wildman–Crippen MR) is 75.9 cm³/mol. The van der Waals surface area contributed by atoms with Gasteiger partial charge >= 0.3 is 0 Å². The number of alkyl halides is 2. The maximum Gasteiger partial charge on any atom is 0.280 e. The topological polar surface area (TPSA) is 72.7 Å². The molecule has 3 aromatic heterocycles. The molecule has 1 N–H and O–H groups in total. The number of hydrogen-bond acceptors (Lipinski definition) is 4. The summed E-state index contributed by atoms with van der Waals surface area (Å²) in [6, 6.07) is 5.94. The van der Waals surface area contributed by atoms with Crippen molar-refractivity contribution in [1.82, 2.24) is 19.7 Å². The van der Waals surface area contributed by atoms with E-state index in [1.807, 2.05) is 0 Å². The normalized spacial score (nSPS) is 11.1. The highest BCUT2D eigenvalue weighted by atomic mass is 19.3. The Kier molecular flexibility index (Phi) is 3.50. The minimum atomic E-state index is -2.65. The Labute approximate surface area is 123 Å². The predicted octanol–water partition coefficient (Wildman–Crippen LogP) is 2.71. The van der Waals surface area contributed by atoms with E-state index in [2.05, 4.69) is 20.4 Å². The molecule has 0 atom stereocenters. The summed E-state index contributed by atoms with van der Waals surface area (Å²) in [4.78, 5) is 19.1. The van der Waals surface area contributed by atoms with Crippen molar-refractivity contribution in [2.45, 2.75) is 13.3 Å². The first-order valence-electron chi connectivity index (χ1n) is 6.41. The molecule has 1 amide bonds. The van der Waals surface area contributed by atoms with Gasteiger partial charge in [0.05, 0.1) is 11.7 Å². The van der Waals surface area contributed by atoms with Crippen LogP contribution in [0.5, 0.6) is 0 Å². The van der Waals surface area contributed by atoms with Gasteiger partial charge in [0.1, 0.15) is 11.5 Å². The van der Waals surface area contributed by atoms with Gasteiger partial charge in [0.15, 0.2) is 5.82 Å². The van der Waals surface area contributed by atoms with Crippen molar-refractivity contribution in [3.63, 3.8) is 0 Å². The molecule has 3 aromatic rings. The van der Waals surface area contributed by atoms with Crippen LogP contribution in [0, 0.1) is 0 Å². The molecule has 0 spiro atoms. The second-order valence-electron chi connectivity index (χ2n) is 4.59. The highest BCUT2D eigenvalue weighted by molar-refractivity contribution is 5.90. The van der Waals surface area contributed by atoms with E-state index < -0.39 is 6.43 Å². The van der Waals surface area contributed by atoms with Crippen molar-refractivity contribution in [2.24, 2.45) is 0 Å². The van der Waals surface area contributed by atoms with Crippen LogP contribution in [-0.2, 0) is 4.79 Å². The van der Waals surface area contributed by atoms with Gasteiger partial charge in [-0.1, -0.05) is 6.07 Å². The summed E-state index contributed by atoms with van der Waals surface area (Å²) >= 11 is 0. The van der Waals surface area contributed by atoms with E-state index in [9.17, 15) is 13.6 Å². The molecule has 0 saturated carbocycles. The van der Waals surface area contributed by atoms with E-state index >= 15 is 0 Å². The van der Waals surface area contributed by atoms with Gasteiger partial charge in [-0.15, -0.1) is 0 Å². The van der Waals surface area contributed by atoms with E-state index in [1.165, 1.54) is 23.7 Å². The van der Waals surface area contributed by atoms with Crippen LogP contribution >= 0.6 is 0 Å². The first-order chi connectivity index (χ1) is 10.5. The molecule has 0 saturated heterocycles. The molecule has 3 rings (SSSR count). The molecule has 3 heterocycles. The number of hydrogen-bond donors (Lipinski definition) is 1. The molecule has 0 aliphatic rings. The Morgan fingerprint density at radius 1 is 1.32 bits per heavy atom. The lowest BCUT2D eigenvalue weighted by Crippen LogP contribution is -2.07. The molecule has 0 unspecified atom stereocenters. The molecular formula is C14H11F2N5O. The third kappa shape index (κ3) is 2.62. The molecule has 8 heteroatoms. The third-order valence-electron chi connectivity index (χ3n) is 2.95. The summed E-state index contributed by atoms with van der Waals surface area (Å²) in [6.45, 7) is 1.37. The Morgan fingerprint density at radius 2 is 2.14 bits per heavy atom. The van der Waals surface area contributed by atoms with Gasteiger partial charge in [-0.2, -0.15) is 5.10 Å². The van der Waals surface area contributed by atoms with Gasteiger partial charge in [-0.25, -0.2) is 23.4 Å². The molecule has 0 aromatic carbocycles. The fourth-order valence-corrected chi connectivity index (χ4v) is 2.03. The average molecular weight is 303 g/mol. The molecular weight excluding hydrogens is 292 g/mol. The second kappa shape index (κ2) is 5.47. The zero-order valence-electron chi connectivity index (χ0n) is 11.5. The number of anilines is 1. The Balaban J connectivity index is 2.10. The number of nitrogens with zero attached hydrogens (tertiary/aromatic N) is 4. The second-order valence-corrected chi connectivity index (χ2v) is 4.59. The third-order valence-corrected chi connectivity index (χ3v) is 2.95. The highest BCUT2D eigenvalue weighted by Gasteiger charge is 2.12. The van der Waals surface area contributed by atoms with Gasteiger partial charge in [0.2, 0.25) is 5.91 Å². The molecule has 6 nitrogen and oxygen atoms in total. The van der Waals surface area contributed by atoms with Gasteiger partial charge in [0.25, 0.3) is 6.43 Å². The number of carbonyl (C=O) groups is 1. The number of halogens is 2. The van der Waals surface area contributed by atoms with Crippen LogP contribution in [0.25, 0.3) is 16.7 Å². The maximum atomic E-state index is 12.8. The van der Waals surface area contributed by atoms with E-state index in [0.717, 1.165) is 0 Å². The van der Waals surface area contributed by atoms with Crippen molar-refractivity contribution in [3.05, 3.63) is 42.4 Å². The lowest BCUT2D eigenvalue weighted by molar-refractivity contribution is -0.114. The van der Waals surface area contributed by atoms with Gasteiger partial charge in [-0.3, -0.25) is 4.79 Å². The smallest absolute Gasteiger partial charge is 0.280 e. The molecule has 0 radical (unpaired) electrons. The first-order valence-corrected chi connectivity index (χ1v) is 6.41. The van der Waals surface area contributed by atoms with Crippen molar-refractivity contribution < 1.29 is 13.6 Å². The Bertz CT molecular complexity index is 846. The largest absolute Gasteiger partial charge is 0.311 e. The number of aromatic nitrogens is 4. The van der Waals surface area contributed by atoms with Crippen LogP contribution in [0.2, 0.25) is 0 Å². The molecule has 112 valence electrons. The highest BCUT2D eigenvalue weighted by Crippen LogP contribution is 2.21. The molecule has 0 aliphatic heterocycles. The summed E-state index contributed by atoms with van der Waals surface area (Å²) in [5, 5.41) is 7.41. The van der Waals surface area contributed by atoms with Gasteiger partial charge in [-0.05, 0) is 12.1 Å². The quantitative estimate of drug-likeness (QED) is 0.807. The number of carbonyl (C=O) groups excluding carboxylic acids is 1. The molecule has 0 fully saturated rings. The summed E-state index contributed by atoms with van der Waals surface area (Å²) in [5.74, 6) is 0.371. The van der Waals surface area contributed by atoms with Crippen LogP contribution < -0.4 is 5.32 Å². The molecule has 0 aliphatic carbocycles. The maximum absolute atomic E-state index is 12.8. The van der Waals surface area contributed by atoms with E-state index in [4.69, 9.17) is 0 Å². The average Bonchev–Trinajstić information content (AvgIpc) is 2.90. The van der Waals surface area contributed by atoms with Gasteiger partial charge in [0, 0.05) is 24.6 Å². The van der Waals surface area contributed by atoms with Gasteiger partial charge < -0.3 is 5.32 Å². The van der Waals surface area contributed by atoms with Crippen LogP contribution in [0.15, 0.2) is 36.7 Å². The standard InChI is InChI=1S/C14H11F2N5O/c1-8(22)19-12-5-11-9(6-17-12)7-18-21(11)13-4-2-3-10(20-13)14(15)16/h2-7,14H,1H3,(H,17,19,22). The number of nitrogens with one attached hydrogen (secondary N) is 1. The summed E-state index contributed by atoms with van der Waals surface area (Å²) in [7, 11) is 0. The summed E-state index contributed by atoms with van der Waals surface area (Å²) < 4.78 is 26.9.